The smallest absolute Gasteiger partial charge is 0.306 e. The minimum absolute atomic E-state index is 0.119. The maximum atomic E-state index is 11.9. The molecule has 134 valence electrons. The van der Waals surface area contributed by atoms with Gasteiger partial charge in [0.25, 0.3) is 0 Å². The van der Waals surface area contributed by atoms with Gasteiger partial charge in [-0.2, -0.15) is 0 Å². The Labute approximate surface area is 150 Å². The van der Waals surface area contributed by atoms with Crippen LogP contribution in [0.5, 0.6) is 5.75 Å². The van der Waals surface area contributed by atoms with Crippen LogP contribution in [0.1, 0.15) is 64.0 Å². The minimum atomic E-state index is -0.239. The largest absolute Gasteiger partial charge is 0.508 e. The number of carbonyl (C=O) groups is 1. The molecule has 0 aromatic heterocycles. The Hall–Kier alpha value is -2.29. The third-order valence-electron chi connectivity index (χ3n) is 4.37. The SMILES string of the molecule is CCCCCCCC(=O)OC(C)c1ccc(-c2ccc(O)cc2)cc1. The zero-order valence-corrected chi connectivity index (χ0v) is 15.2. The Bertz CT molecular complexity index is 644. The average Bonchev–Trinajstić information content (AvgIpc) is 2.62. The summed E-state index contributed by atoms with van der Waals surface area (Å²) >= 11 is 0. The van der Waals surface area contributed by atoms with Gasteiger partial charge in [-0.25, -0.2) is 0 Å². The van der Waals surface area contributed by atoms with E-state index in [9.17, 15) is 9.90 Å². The summed E-state index contributed by atoms with van der Waals surface area (Å²) in [5.74, 6) is 0.141. The third kappa shape index (κ3) is 6.26. The zero-order valence-electron chi connectivity index (χ0n) is 15.2. The second-order valence-electron chi connectivity index (χ2n) is 6.47. The lowest BCUT2D eigenvalue weighted by Crippen LogP contribution is -2.08. The van der Waals surface area contributed by atoms with Gasteiger partial charge in [0.15, 0.2) is 0 Å². The first kappa shape index (κ1) is 19.0. The van der Waals surface area contributed by atoms with E-state index in [1.807, 2.05) is 43.3 Å². The average molecular weight is 340 g/mol. The van der Waals surface area contributed by atoms with Crippen molar-refractivity contribution < 1.29 is 14.6 Å². The Balaban J connectivity index is 1.84. The number of aromatic hydroxyl groups is 1. The van der Waals surface area contributed by atoms with E-state index in [1.165, 1.54) is 19.3 Å². The van der Waals surface area contributed by atoms with Gasteiger partial charge in [0.2, 0.25) is 0 Å². The van der Waals surface area contributed by atoms with Crippen molar-refractivity contribution in [3.63, 3.8) is 0 Å². The van der Waals surface area contributed by atoms with E-state index in [2.05, 4.69) is 6.92 Å². The van der Waals surface area contributed by atoms with Crippen LogP contribution in [0.25, 0.3) is 11.1 Å². The molecule has 0 radical (unpaired) electrons. The molecule has 0 aliphatic heterocycles. The van der Waals surface area contributed by atoms with Gasteiger partial charge in [0, 0.05) is 6.42 Å². The molecule has 0 saturated carbocycles. The second kappa shape index (κ2) is 9.87. The fourth-order valence-electron chi connectivity index (χ4n) is 2.80. The summed E-state index contributed by atoms with van der Waals surface area (Å²) < 4.78 is 5.53. The molecule has 0 bridgehead atoms. The van der Waals surface area contributed by atoms with Crippen molar-refractivity contribution in [2.24, 2.45) is 0 Å². The van der Waals surface area contributed by atoms with Crippen LogP contribution in [-0.2, 0) is 9.53 Å². The summed E-state index contributed by atoms with van der Waals surface area (Å²) in [6.07, 6.45) is 5.90. The first-order valence-corrected chi connectivity index (χ1v) is 9.19. The molecule has 2 aromatic rings. The first-order chi connectivity index (χ1) is 12.1. The van der Waals surface area contributed by atoms with Gasteiger partial charge in [-0.15, -0.1) is 0 Å². The predicted molar refractivity (Wildman–Crippen MR) is 101 cm³/mol. The van der Waals surface area contributed by atoms with Gasteiger partial charge in [-0.05, 0) is 42.2 Å². The summed E-state index contributed by atoms with van der Waals surface area (Å²) in [4.78, 5) is 11.9. The summed E-state index contributed by atoms with van der Waals surface area (Å²) in [5.41, 5.74) is 3.10. The maximum absolute atomic E-state index is 11.9. The number of ether oxygens (including phenoxy) is 1. The first-order valence-electron chi connectivity index (χ1n) is 9.19. The second-order valence-corrected chi connectivity index (χ2v) is 6.47. The molecule has 0 aliphatic carbocycles. The zero-order chi connectivity index (χ0) is 18.1. The van der Waals surface area contributed by atoms with Gasteiger partial charge < -0.3 is 9.84 Å². The molecule has 2 rings (SSSR count). The molecular formula is C22H28O3. The maximum Gasteiger partial charge on any atom is 0.306 e. The molecule has 0 aliphatic rings. The van der Waals surface area contributed by atoms with Gasteiger partial charge in [-0.1, -0.05) is 69.0 Å². The van der Waals surface area contributed by atoms with Crippen LogP contribution in [0.15, 0.2) is 48.5 Å². The number of benzene rings is 2. The highest BCUT2D eigenvalue weighted by molar-refractivity contribution is 5.69. The van der Waals surface area contributed by atoms with Crippen LogP contribution in [0, 0.1) is 0 Å². The standard InChI is InChI=1S/C22H28O3/c1-3-4-5-6-7-8-22(24)25-17(2)18-9-11-19(12-10-18)20-13-15-21(23)16-14-20/h9-17,23H,3-8H2,1-2H3. The van der Waals surface area contributed by atoms with E-state index in [0.717, 1.165) is 29.5 Å². The number of hydrogen-bond donors (Lipinski definition) is 1. The van der Waals surface area contributed by atoms with Gasteiger partial charge in [0.05, 0.1) is 0 Å². The highest BCUT2D eigenvalue weighted by Gasteiger charge is 2.11. The van der Waals surface area contributed by atoms with Crippen LogP contribution in [-0.4, -0.2) is 11.1 Å². The summed E-state index contributed by atoms with van der Waals surface area (Å²) in [7, 11) is 0. The Kier molecular flexibility index (Phi) is 7.52. The van der Waals surface area contributed by atoms with Crippen molar-refractivity contribution >= 4 is 5.97 Å². The third-order valence-corrected chi connectivity index (χ3v) is 4.37. The quantitative estimate of drug-likeness (QED) is 0.448. The molecule has 2 aromatic carbocycles. The van der Waals surface area contributed by atoms with E-state index in [-0.39, 0.29) is 17.8 Å². The molecule has 1 atom stereocenters. The fourth-order valence-corrected chi connectivity index (χ4v) is 2.80. The molecule has 0 amide bonds. The molecule has 0 heterocycles. The van der Waals surface area contributed by atoms with E-state index in [0.29, 0.717) is 6.42 Å². The molecule has 0 spiro atoms. The number of hydrogen-bond acceptors (Lipinski definition) is 3. The number of phenols is 1. The molecule has 1 unspecified atom stereocenters. The highest BCUT2D eigenvalue weighted by Crippen LogP contribution is 2.25. The van der Waals surface area contributed by atoms with Crippen molar-refractivity contribution in [2.45, 2.75) is 58.5 Å². The lowest BCUT2D eigenvalue weighted by Gasteiger charge is -2.14. The van der Waals surface area contributed by atoms with Crippen LogP contribution in [0.4, 0.5) is 0 Å². The molecule has 0 saturated heterocycles. The van der Waals surface area contributed by atoms with Crippen molar-refractivity contribution in [1.82, 2.24) is 0 Å². The highest BCUT2D eigenvalue weighted by atomic mass is 16.5. The lowest BCUT2D eigenvalue weighted by atomic mass is 10.0. The minimum Gasteiger partial charge on any atom is -0.508 e. The Morgan fingerprint density at radius 2 is 1.48 bits per heavy atom. The Morgan fingerprint density at radius 3 is 2.08 bits per heavy atom. The van der Waals surface area contributed by atoms with E-state index < -0.39 is 0 Å². The number of carbonyl (C=O) groups excluding carboxylic acids is 1. The molecule has 25 heavy (non-hydrogen) atoms. The monoisotopic (exact) mass is 340 g/mol. The molecule has 3 heteroatoms. The van der Waals surface area contributed by atoms with Crippen molar-refractivity contribution in [1.29, 1.82) is 0 Å². The van der Waals surface area contributed by atoms with Crippen LogP contribution in [0.2, 0.25) is 0 Å². The van der Waals surface area contributed by atoms with Gasteiger partial charge >= 0.3 is 5.97 Å². The lowest BCUT2D eigenvalue weighted by molar-refractivity contribution is -0.148. The van der Waals surface area contributed by atoms with Crippen LogP contribution in [0.3, 0.4) is 0 Å². The molecule has 0 fully saturated rings. The summed E-state index contributed by atoms with van der Waals surface area (Å²) in [6.45, 7) is 4.09. The van der Waals surface area contributed by atoms with Gasteiger partial charge in [-0.3, -0.25) is 4.79 Å². The van der Waals surface area contributed by atoms with Crippen LogP contribution >= 0.6 is 0 Å². The van der Waals surface area contributed by atoms with Crippen LogP contribution < -0.4 is 0 Å². The van der Waals surface area contributed by atoms with E-state index in [1.54, 1.807) is 12.1 Å². The summed E-state index contributed by atoms with van der Waals surface area (Å²) in [5, 5.41) is 9.36. The van der Waals surface area contributed by atoms with E-state index in [4.69, 9.17) is 4.74 Å². The van der Waals surface area contributed by atoms with Crippen molar-refractivity contribution in [3.8, 4) is 16.9 Å². The predicted octanol–water partition coefficient (Wildman–Crippen LogP) is 6.02. The number of phenolic OH excluding ortho intramolecular Hbond substituents is 1. The number of unbranched alkanes of at least 4 members (excludes halogenated alkanes) is 4. The fraction of sp³-hybridized carbons (Fsp3) is 0.409. The van der Waals surface area contributed by atoms with Crippen molar-refractivity contribution in [2.75, 3.05) is 0 Å². The normalized spacial score (nSPS) is 11.9. The summed E-state index contributed by atoms with van der Waals surface area (Å²) in [6, 6.07) is 15.1. The molecule has 3 nitrogen and oxygen atoms in total. The van der Waals surface area contributed by atoms with Crippen molar-refractivity contribution in [3.05, 3.63) is 54.1 Å². The number of rotatable bonds is 9. The molecule has 1 N–H and O–H groups in total. The Morgan fingerprint density at radius 1 is 0.920 bits per heavy atom. The molecular weight excluding hydrogens is 312 g/mol. The topological polar surface area (TPSA) is 46.5 Å². The number of esters is 1. The van der Waals surface area contributed by atoms with E-state index >= 15 is 0 Å². The van der Waals surface area contributed by atoms with Gasteiger partial charge in [0.1, 0.15) is 11.9 Å².